The van der Waals surface area contributed by atoms with Crippen molar-refractivity contribution in [2.45, 2.75) is 39.8 Å². The van der Waals surface area contributed by atoms with Crippen molar-refractivity contribution in [2.24, 2.45) is 0 Å². The predicted octanol–water partition coefficient (Wildman–Crippen LogP) is 2.13. The van der Waals surface area contributed by atoms with Gasteiger partial charge in [-0.15, -0.1) is 0 Å². The van der Waals surface area contributed by atoms with Gasteiger partial charge in [0.1, 0.15) is 0 Å². The molecule has 3 heteroatoms. The Morgan fingerprint density at radius 2 is 1.83 bits per heavy atom. The number of nitrogens with one attached hydrogen (secondary N) is 1. The molecule has 2 unspecified atom stereocenters. The number of nitrogens with zero attached hydrogens (tertiary/aromatic N) is 1. The van der Waals surface area contributed by atoms with E-state index in [2.05, 4.69) is 32.2 Å². The molecule has 1 aromatic carbocycles. The number of hydrogen-bond donors (Lipinski definition) is 1. The molecule has 3 nitrogen and oxygen atoms in total. The Labute approximate surface area is 109 Å². The molecule has 1 heterocycles. The summed E-state index contributed by atoms with van der Waals surface area (Å²) in [5, 5.41) is 3.35. The summed E-state index contributed by atoms with van der Waals surface area (Å²) in [4.78, 5) is 14.7. The lowest BCUT2D eigenvalue weighted by Crippen LogP contribution is -2.57. The number of amides is 1. The van der Waals surface area contributed by atoms with E-state index in [1.165, 1.54) is 5.56 Å². The maximum absolute atomic E-state index is 12.7. The predicted molar refractivity (Wildman–Crippen MR) is 73.9 cm³/mol. The van der Waals surface area contributed by atoms with E-state index in [1.807, 2.05) is 24.0 Å². The third-order valence-corrected chi connectivity index (χ3v) is 3.68. The highest BCUT2D eigenvalue weighted by atomic mass is 16.2. The highest BCUT2D eigenvalue weighted by Crippen LogP contribution is 2.18. The molecule has 0 radical (unpaired) electrons. The van der Waals surface area contributed by atoms with Crippen LogP contribution in [0.25, 0.3) is 0 Å². The Bertz CT molecular complexity index is 446. The second-order valence-corrected chi connectivity index (χ2v) is 5.39. The normalized spacial score (nSPS) is 24.1. The number of carbonyl (C=O) groups excluding carboxylic acids is 1. The van der Waals surface area contributed by atoms with Gasteiger partial charge in [0.25, 0.3) is 5.91 Å². The van der Waals surface area contributed by atoms with Gasteiger partial charge in [-0.2, -0.15) is 0 Å². The lowest BCUT2D eigenvalue weighted by Gasteiger charge is -2.39. The van der Waals surface area contributed by atoms with Crippen LogP contribution in [0, 0.1) is 13.8 Å². The van der Waals surface area contributed by atoms with Gasteiger partial charge >= 0.3 is 0 Å². The number of hydrogen-bond acceptors (Lipinski definition) is 2. The van der Waals surface area contributed by atoms with Gasteiger partial charge < -0.3 is 10.2 Å². The Morgan fingerprint density at radius 1 is 1.22 bits per heavy atom. The molecule has 1 aliphatic heterocycles. The van der Waals surface area contributed by atoms with Gasteiger partial charge in [0.15, 0.2) is 0 Å². The van der Waals surface area contributed by atoms with E-state index in [0.717, 1.165) is 24.2 Å². The maximum Gasteiger partial charge on any atom is 0.254 e. The number of aryl methyl sites for hydroxylation is 2. The minimum atomic E-state index is 0.161. The van der Waals surface area contributed by atoms with Crippen molar-refractivity contribution in [3.8, 4) is 0 Å². The zero-order valence-corrected chi connectivity index (χ0v) is 11.7. The van der Waals surface area contributed by atoms with Crippen molar-refractivity contribution in [1.82, 2.24) is 10.2 Å². The van der Waals surface area contributed by atoms with Crippen LogP contribution in [0.1, 0.15) is 35.3 Å². The molecule has 1 fully saturated rings. The molecule has 0 aromatic heterocycles. The van der Waals surface area contributed by atoms with E-state index in [4.69, 9.17) is 0 Å². The van der Waals surface area contributed by atoms with Crippen molar-refractivity contribution in [2.75, 3.05) is 13.1 Å². The first-order valence-corrected chi connectivity index (χ1v) is 6.61. The Balaban J connectivity index is 2.29. The summed E-state index contributed by atoms with van der Waals surface area (Å²) in [6.07, 6.45) is 0. The molecule has 2 rings (SSSR count). The molecule has 1 amide bonds. The van der Waals surface area contributed by atoms with Crippen LogP contribution in [0.2, 0.25) is 0 Å². The molecule has 1 saturated heterocycles. The molecule has 98 valence electrons. The lowest BCUT2D eigenvalue weighted by atomic mass is 10.0. The average Bonchev–Trinajstić information content (AvgIpc) is 2.28. The van der Waals surface area contributed by atoms with Crippen molar-refractivity contribution in [3.63, 3.8) is 0 Å². The lowest BCUT2D eigenvalue weighted by molar-refractivity contribution is 0.0544. The van der Waals surface area contributed by atoms with E-state index >= 15 is 0 Å². The maximum atomic E-state index is 12.7. The summed E-state index contributed by atoms with van der Waals surface area (Å²) in [5.41, 5.74) is 3.10. The fourth-order valence-electron chi connectivity index (χ4n) is 2.73. The zero-order valence-electron chi connectivity index (χ0n) is 11.7. The van der Waals surface area contributed by atoms with Crippen LogP contribution in [0.15, 0.2) is 18.2 Å². The van der Waals surface area contributed by atoms with Crippen molar-refractivity contribution >= 4 is 5.91 Å². The standard InChI is InChI=1S/C15H22N2O/c1-10-5-6-14(11(2)7-10)15(18)17-12(3)8-16-9-13(17)4/h5-7,12-13,16H,8-9H2,1-4H3. The summed E-state index contributed by atoms with van der Waals surface area (Å²) in [6.45, 7) is 10.0. The van der Waals surface area contributed by atoms with Crippen LogP contribution in [0.5, 0.6) is 0 Å². The fourth-order valence-corrected chi connectivity index (χ4v) is 2.73. The second kappa shape index (κ2) is 5.11. The summed E-state index contributed by atoms with van der Waals surface area (Å²) in [7, 11) is 0. The molecular weight excluding hydrogens is 224 g/mol. The summed E-state index contributed by atoms with van der Waals surface area (Å²) >= 11 is 0. The number of piperazine rings is 1. The SMILES string of the molecule is Cc1ccc(C(=O)N2C(C)CNCC2C)c(C)c1. The van der Waals surface area contributed by atoms with E-state index < -0.39 is 0 Å². The first-order chi connectivity index (χ1) is 8.50. The number of benzene rings is 1. The topological polar surface area (TPSA) is 32.3 Å². The Kier molecular flexibility index (Phi) is 3.71. The summed E-state index contributed by atoms with van der Waals surface area (Å²) in [6, 6.07) is 6.54. The molecule has 2 atom stereocenters. The van der Waals surface area contributed by atoms with Crippen molar-refractivity contribution in [1.29, 1.82) is 0 Å². The van der Waals surface area contributed by atoms with E-state index in [9.17, 15) is 4.79 Å². The van der Waals surface area contributed by atoms with Gasteiger partial charge in [-0.3, -0.25) is 4.79 Å². The van der Waals surface area contributed by atoms with Crippen LogP contribution in [-0.4, -0.2) is 36.0 Å². The van der Waals surface area contributed by atoms with Crippen LogP contribution in [0.3, 0.4) is 0 Å². The first-order valence-electron chi connectivity index (χ1n) is 6.61. The molecule has 0 bridgehead atoms. The smallest absolute Gasteiger partial charge is 0.254 e. The number of carbonyl (C=O) groups is 1. The van der Waals surface area contributed by atoms with Crippen LogP contribution >= 0.6 is 0 Å². The highest BCUT2D eigenvalue weighted by Gasteiger charge is 2.29. The highest BCUT2D eigenvalue weighted by molar-refractivity contribution is 5.96. The van der Waals surface area contributed by atoms with Gasteiger partial charge in [0.2, 0.25) is 0 Å². The Hall–Kier alpha value is -1.35. The molecule has 0 saturated carbocycles. The van der Waals surface area contributed by atoms with E-state index in [1.54, 1.807) is 0 Å². The molecule has 18 heavy (non-hydrogen) atoms. The van der Waals surface area contributed by atoms with Crippen LogP contribution in [0.4, 0.5) is 0 Å². The monoisotopic (exact) mass is 246 g/mol. The largest absolute Gasteiger partial charge is 0.331 e. The van der Waals surface area contributed by atoms with E-state index in [-0.39, 0.29) is 18.0 Å². The molecular formula is C15H22N2O. The van der Waals surface area contributed by atoms with Crippen LogP contribution in [-0.2, 0) is 0 Å². The minimum absolute atomic E-state index is 0.161. The average molecular weight is 246 g/mol. The zero-order chi connectivity index (χ0) is 13.3. The van der Waals surface area contributed by atoms with Crippen molar-refractivity contribution < 1.29 is 4.79 Å². The third kappa shape index (κ3) is 2.41. The van der Waals surface area contributed by atoms with Gasteiger partial charge in [-0.25, -0.2) is 0 Å². The molecule has 1 aliphatic rings. The van der Waals surface area contributed by atoms with Gasteiger partial charge in [-0.1, -0.05) is 17.7 Å². The minimum Gasteiger partial charge on any atom is -0.331 e. The molecule has 0 spiro atoms. The summed E-state index contributed by atoms with van der Waals surface area (Å²) < 4.78 is 0. The summed E-state index contributed by atoms with van der Waals surface area (Å²) in [5.74, 6) is 0.161. The molecule has 0 aliphatic carbocycles. The van der Waals surface area contributed by atoms with Gasteiger partial charge in [-0.05, 0) is 39.3 Å². The number of rotatable bonds is 1. The Morgan fingerprint density at radius 3 is 2.39 bits per heavy atom. The third-order valence-electron chi connectivity index (χ3n) is 3.68. The molecule has 1 N–H and O–H groups in total. The van der Waals surface area contributed by atoms with E-state index in [0.29, 0.717) is 0 Å². The second-order valence-electron chi connectivity index (χ2n) is 5.39. The van der Waals surface area contributed by atoms with Gasteiger partial charge in [0.05, 0.1) is 0 Å². The van der Waals surface area contributed by atoms with Gasteiger partial charge in [0, 0.05) is 30.7 Å². The fraction of sp³-hybridized carbons (Fsp3) is 0.533. The first kappa shape index (κ1) is 13.1. The van der Waals surface area contributed by atoms with Crippen molar-refractivity contribution in [3.05, 3.63) is 34.9 Å². The van der Waals surface area contributed by atoms with Crippen LogP contribution < -0.4 is 5.32 Å². The quantitative estimate of drug-likeness (QED) is 0.823. The molecule has 1 aromatic rings.